The number of imide groups is 1. The second-order valence-electron chi connectivity index (χ2n) is 7.04. The normalized spacial score (nSPS) is 22.3. The molecule has 1 aromatic rings. The highest BCUT2D eigenvalue weighted by Crippen LogP contribution is 2.33. The smallest absolute Gasteiger partial charge is 0.336 e. The highest BCUT2D eigenvalue weighted by molar-refractivity contribution is 7.86. The number of aromatic nitrogens is 1. The van der Waals surface area contributed by atoms with Gasteiger partial charge in [0.1, 0.15) is 0 Å². The lowest BCUT2D eigenvalue weighted by Gasteiger charge is -2.28. The van der Waals surface area contributed by atoms with Crippen molar-refractivity contribution < 1.29 is 42.4 Å². The minimum atomic E-state index is -4.80. The molecule has 0 radical (unpaired) electrons. The molecule has 0 unspecified atom stereocenters. The number of carbonyl (C=O) groups excluding carboxylic acids is 3. The van der Waals surface area contributed by atoms with Crippen molar-refractivity contribution in [3.63, 3.8) is 0 Å². The molecule has 1 aromatic heterocycles. The lowest BCUT2D eigenvalue weighted by atomic mass is 9.80. The number of aromatic hydroxyl groups is 2. The summed E-state index contributed by atoms with van der Waals surface area (Å²) in [5, 5.41) is 19.4. The first kappa shape index (κ1) is 20.9. The Morgan fingerprint density at radius 2 is 1.69 bits per heavy atom. The quantitative estimate of drug-likeness (QED) is 0.425. The molecule has 158 valence electrons. The fraction of sp³-hybridized carbons (Fsp3) is 0.471. The predicted molar refractivity (Wildman–Crippen MR) is 95.1 cm³/mol. The fourth-order valence-electron chi connectivity index (χ4n) is 3.54. The molecule has 0 spiro atoms. The van der Waals surface area contributed by atoms with E-state index in [1.807, 2.05) is 0 Å². The molecule has 12 heteroatoms. The second kappa shape index (κ2) is 7.87. The van der Waals surface area contributed by atoms with Gasteiger partial charge in [0.2, 0.25) is 5.88 Å². The Bertz CT molecular complexity index is 953. The minimum absolute atomic E-state index is 0.222. The van der Waals surface area contributed by atoms with E-state index in [9.17, 15) is 33.0 Å². The molecule has 11 nitrogen and oxygen atoms in total. The number of amides is 2. The third-order valence-electron chi connectivity index (χ3n) is 5.18. The summed E-state index contributed by atoms with van der Waals surface area (Å²) in [5.41, 5.74) is 0. The van der Waals surface area contributed by atoms with Gasteiger partial charge in [0.05, 0.1) is 5.92 Å². The third-order valence-corrected chi connectivity index (χ3v) is 6.04. The molecule has 29 heavy (non-hydrogen) atoms. The van der Waals surface area contributed by atoms with Crippen molar-refractivity contribution in [1.82, 2.24) is 9.63 Å². The van der Waals surface area contributed by atoms with Gasteiger partial charge < -0.3 is 15.1 Å². The first-order chi connectivity index (χ1) is 13.6. The summed E-state index contributed by atoms with van der Waals surface area (Å²) in [6.45, 7) is 0.313. The summed E-state index contributed by atoms with van der Waals surface area (Å²) >= 11 is 0. The van der Waals surface area contributed by atoms with E-state index in [-0.39, 0.29) is 22.5 Å². The van der Waals surface area contributed by atoms with Crippen molar-refractivity contribution in [2.45, 2.75) is 37.0 Å². The standard InChI is InChI=1S/C17H20N2O9S/c20-13-5-6-14(21)18(13)8-7-10-1-3-11(4-2-10)17(24)28-19-15(22)9-12(16(19)23)29(25,26)27/h5-6,9-11,22-23H,1-4,7-8H2,(H,25,26,27). The Labute approximate surface area is 165 Å². The molecular weight excluding hydrogens is 408 g/mol. The molecule has 0 saturated heterocycles. The molecule has 1 aliphatic heterocycles. The first-order valence-corrected chi connectivity index (χ1v) is 10.4. The van der Waals surface area contributed by atoms with Gasteiger partial charge in [-0.15, -0.1) is 4.73 Å². The molecule has 0 atom stereocenters. The summed E-state index contributed by atoms with van der Waals surface area (Å²) in [6, 6.07) is 0.560. The van der Waals surface area contributed by atoms with E-state index in [2.05, 4.69) is 0 Å². The predicted octanol–water partition coefficient (Wildman–Crippen LogP) is 0.223. The number of nitrogens with zero attached hydrogens (tertiary/aromatic N) is 2. The van der Waals surface area contributed by atoms with E-state index in [1.165, 1.54) is 17.1 Å². The van der Waals surface area contributed by atoms with E-state index in [0.29, 0.717) is 44.7 Å². The van der Waals surface area contributed by atoms with Crippen molar-refractivity contribution in [3.05, 3.63) is 18.2 Å². The van der Waals surface area contributed by atoms with Crippen molar-refractivity contribution >= 4 is 27.9 Å². The van der Waals surface area contributed by atoms with Crippen LogP contribution in [0.3, 0.4) is 0 Å². The molecule has 1 saturated carbocycles. The molecule has 0 bridgehead atoms. The molecule has 3 N–H and O–H groups in total. The number of carbonyl (C=O) groups is 3. The summed E-state index contributed by atoms with van der Waals surface area (Å²) in [4.78, 5) is 40.5. The van der Waals surface area contributed by atoms with Gasteiger partial charge in [0, 0.05) is 24.8 Å². The zero-order chi connectivity index (χ0) is 21.3. The van der Waals surface area contributed by atoms with Crippen LogP contribution in [0.4, 0.5) is 0 Å². The van der Waals surface area contributed by atoms with Crippen LogP contribution in [0.2, 0.25) is 0 Å². The molecule has 2 amide bonds. The second-order valence-corrected chi connectivity index (χ2v) is 8.43. The fourth-order valence-corrected chi connectivity index (χ4v) is 4.11. The van der Waals surface area contributed by atoms with Gasteiger partial charge in [-0.25, -0.2) is 4.79 Å². The van der Waals surface area contributed by atoms with Crippen LogP contribution >= 0.6 is 0 Å². The number of hydrogen-bond donors (Lipinski definition) is 3. The Hall–Kier alpha value is -2.86. The Morgan fingerprint density at radius 3 is 2.21 bits per heavy atom. The Balaban J connectivity index is 1.52. The molecule has 2 heterocycles. The first-order valence-electron chi connectivity index (χ1n) is 8.94. The topological polar surface area (TPSA) is 163 Å². The largest absolute Gasteiger partial charge is 0.492 e. The van der Waals surface area contributed by atoms with Crippen LogP contribution in [0.5, 0.6) is 11.8 Å². The van der Waals surface area contributed by atoms with Crippen LogP contribution in [0.15, 0.2) is 23.1 Å². The van der Waals surface area contributed by atoms with Gasteiger partial charge in [-0.05, 0) is 38.0 Å². The molecule has 2 aliphatic rings. The Morgan fingerprint density at radius 1 is 1.10 bits per heavy atom. The number of hydrogen-bond acceptors (Lipinski definition) is 8. The van der Waals surface area contributed by atoms with Gasteiger partial charge in [0.15, 0.2) is 4.90 Å². The molecule has 1 aliphatic carbocycles. The van der Waals surface area contributed by atoms with E-state index in [0.717, 1.165) is 0 Å². The van der Waals surface area contributed by atoms with E-state index in [1.54, 1.807) is 0 Å². The lowest BCUT2D eigenvalue weighted by Crippen LogP contribution is -2.33. The van der Waals surface area contributed by atoms with Gasteiger partial charge in [-0.1, -0.05) is 0 Å². The summed E-state index contributed by atoms with van der Waals surface area (Å²) in [5.74, 6) is -3.70. The van der Waals surface area contributed by atoms with Crippen LogP contribution in [-0.2, 0) is 24.5 Å². The van der Waals surface area contributed by atoms with Crippen LogP contribution < -0.4 is 4.84 Å². The highest BCUT2D eigenvalue weighted by Gasteiger charge is 2.32. The lowest BCUT2D eigenvalue weighted by molar-refractivity contribution is -0.151. The Kier molecular flexibility index (Phi) is 5.66. The summed E-state index contributed by atoms with van der Waals surface area (Å²) < 4.78 is 31.5. The minimum Gasteiger partial charge on any atom is -0.492 e. The maximum absolute atomic E-state index is 12.3. The average Bonchev–Trinajstić information content (AvgIpc) is 3.13. The SMILES string of the molecule is O=C(On1c(O)cc(S(=O)(=O)O)c1O)C1CCC(CCN2C(=O)C=CC2=O)CC1. The third kappa shape index (κ3) is 4.43. The van der Waals surface area contributed by atoms with Crippen LogP contribution in [0.1, 0.15) is 32.1 Å². The van der Waals surface area contributed by atoms with E-state index in [4.69, 9.17) is 9.39 Å². The number of rotatable bonds is 6. The maximum atomic E-state index is 12.3. The summed E-state index contributed by atoms with van der Waals surface area (Å²) in [7, 11) is -4.80. The maximum Gasteiger partial charge on any atom is 0.336 e. The molecular formula is C17H20N2O9S. The van der Waals surface area contributed by atoms with Crippen molar-refractivity contribution in [2.24, 2.45) is 11.8 Å². The zero-order valence-corrected chi connectivity index (χ0v) is 16.0. The van der Waals surface area contributed by atoms with Crippen molar-refractivity contribution in [2.75, 3.05) is 6.54 Å². The summed E-state index contributed by atoms with van der Waals surface area (Å²) in [6.07, 6.45) is 5.31. The van der Waals surface area contributed by atoms with Gasteiger partial charge in [0.25, 0.3) is 27.8 Å². The van der Waals surface area contributed by atoms with Crippen molar-refractivity contribution in [1.29, 1.82) is 0 Å². The van der Waals surface area contributed by atoms with Crippen LogP contribution in [0, 0.1) is 11.8 Å². The van der Waals surface area contributed by atoms with Gasteiger partial charge in [-0.2, -0.15) is 8.42 Å². The van der Waals surface area contributed by atoms with E-state index >= 15 is 0 Å². The average molecular weight is 428 g/mol. The van der Waals surface area contributed by atoms with Crippen molar-refractivity contribution in [3.8, 4) is 11.8 Å². The van der Waals surface area contributed by atoms with Gasteiger partial charge in [-0.3, -0.25) is 19.0 Å². The molecule has 0 aromatic carbocycles. The molecule has 1 fully saturated rings. The van der Waals surface area contributed by atoms with E-state index < -0.39 is 38.7 Å². The molecule has 3 rings (SSSR count). The highest BCUT2D eigenvalue weighted by atomic mass is 32.2. The monoisotopic (exact) mass is 428 g/mol. The van der Waals surface area contributed by atoms with Crippen LogP contribution in [-0.4, -0.2) is 57.1 Å². The zero-order valence-electron chi connectivity index (χ0n) is 15.2. The van der Waals surface area contributed by atoms with Crippen LogP contribution in [0.25, 0.3) is 0 Å². The van der Waals surface area contributed by atoms with Gasteiger partial charge >= 0.3 is 5.97 Å².